The average Bonchev–Trinajstić information content (AvgIpc) is 3.09. The number of ether oxygens (including phenoxy) is 1. The summed E-state index contributed by atoms with van der Waals surface area (Å²) in [6, 6.07) is 17.2. The third kappa shape index (κ3) is 4.11. The van der Waals surface area contributed by atoms with Crippen molar-refractivity contribution in [3.63, 3.8) is 0 Å². The molecule has 0 spiro atoms. The lowest BCUT2D eigenvalue weighted by molar-refractivity contribution is -0.125. The van der Waals surface area contributed by atoms with Gasteiger partial charge in [0.25, 0.3) is 5.91 Å². The van der Waals surface area contributed by atoms with E-state index < -0.39 is 5.97 Å². The molecule has 0 bridgehead atoms. The lowest BCUT2D eigenvalue weighted by Gasteiger charge is -2.17. The van der Waals surface area contributed by atoms with Gasteiger partial charge >= 0.3 is 5.97 Å². The topological polar surface area (TPSA) is 71.2 Å². The molecule has 0 radical (unpaired) electrons. The normalized spacial score (nSPS) is 11.9. The summed E-state index contributed by atoms with van der Waals surface area (Å²) in [4.78, 5) is 27.3. The van der Waals surface area contributed by atoms with Crippen LogP contribution in [-0.4, -0.2) is 23.5 Å². The van der Waals surface area contributed by atoms with Crippen LogP contribution in [0.5, 0.6) is 0 Å². The molecule has 134 valence electrons. The van der Waals surface area contributed by atoms with Gasteiger partial charge in [0.2, 0.25) is 0 Å². The maximum Gasteiger partial charge on any atom is 0.355 e. The molecule has 2 aromatic carbocycles. The molecule has 0 aliphatic heterocycles. The van der Waals surface area contributed by atoms with Gasteiger partial charge in [-0.05, 0) is 31.0 Å². The zero-order valence-corrected chi connectivity index (χ0v) is 14.9. The minimum atomic E-state index is -0.542. The van der Waals surface area contributed by atoms with Crippen molar-refractivity contribution in [1.82, 2.24) is 10.3 Å². The zero-order valence-electron chi connectivity index (χ0n) is 14.9. The molecule has 5 heteroatoms. The van der Waals surface area contributed by atoms with Gasteiger partial charge in [-0.2, -0.15) is 0 Å². The summed E-state index contributed by atoms with van der Waals surface area (Å²) in [5.74, 6) is -0.860. The second-order valence-electron chi connectivity index (χ2n) is 6.29. The zero-order chi connectivity index (χ0) is 18.5. The number of amides is 1. The molecule has 1 amide bonds. The Labute approximate surface area is 152 Å². The first-order valence-electron chi connectivity index (χ1n) is 8.67. The third-order valence-electron chi connectivity index (χ3n) is 4.31. The van der Waals surface area contributed by atoms with E-state index in [2.05, 4.69) is 10.3 Å². The number of hydrogen-bond acceptors (Lipinski definition) is 3. The summed E-state index contributed by atoms with van der Waals surface area (Å²) in [5.41, 5.74) is 3.40. The Morgan fingerprint density at radius 2 is 1.85 bits per heavy atom. The molecule has 0 saturated heterocycles. The van der Waals surface area contributed by atoms with Crippen molar-refractivity contribution in [2.75, 3.05) is 6.61 Å². The Morgan fingerprint density at radius 1 is 1.12 bits per heavy atom. The maximum absolute atomic E-state index is 12.2. The number of para-hydroxylation sites is 1. The van der Waals surface area contributed by atoms with Crippen LogP contribution in [-0.2, 0) is 9.53 Å². The van der Waals surface area contributed by atoms with Crippen LogP contribution in [0.25, 0.3) is 10.9 Å². The SMILES string of the molecule is CC[C@H](NC(=O)COC(=O)c1cc2ccccc2[nH]1)c1ccc(C)cc1. The Kier molecular flexibility index (Phi) is 5.37. The molecule has 1 atom stereocenters. The van der Waals surface area contributed by atoms with E-state index in [1.807, 2.05) is 62.4 Å². The van der Waals surface area contributed by atoms with Crippen molar-refractivity contribution in [3.8, 4) is 0 Å². The molecular weight excluding hydrogens is 328 g/mol. The highest BCUT2D eigenvalue weighted by Crippen LogP contribution is 2.17. The second-order valence-corrected chi connectivity index (χ2v) is 6.29. The summed E-state index contributed by atoms with van der Waals surface area (Å²) >= 11 is 0. The summed E-state index contributed by atoms with van der Waals surface area (Å²) in [6.07, 6.45) is 0.755. The lowest BCUT2D eigenvalue weighted by atomic mass is 10.0. The van der Waals surface area contributed by atoms with Crippen LogP contribution in [0.3, 0.4) is 0 Å². The molecular formula is C21H22N2O3. The van der Waals surface area contributed by atoms with Gasteiger partial charge in [-0.3, -0.25) is 4.79 Å². The number of hydrogen-bond donors (Lipinski definition) is 2. The molecule has 1 aromatic heterocycles. The minimum Gasteiger partial charge on any atom is -0.451 e. The molecule has 0 fully saturated rings. The van der Waals surface area contributed by atoms with E-state index in [0.717, 1.165) is 22.9 Å². The Hall–Kier alpha value is -3.08. The fourth-order valence-corrected chi connectivity index (χ4v) is 2.85. The number of esters is 1. The molecule has 5 nitrogen and oxygen atoms in total. The number of carbonyl (C=O) groups is 2. The van der Waals surface area contributed by atoms with E-state index in [1.54, 1.807) is 6.07 Å². The van der Waals surface area contributed by atoms with Gasteiger partial charge < -0.3 is 15.0 Å². The molecule has 3 rings (SSSR count). The average molecular weight is 350 g/mol. The molecule has 0 aliphatic carbocycles. The van der Waals surface area contributed by atoms with Gasteiger partial charge in [-0.15, -0.1) is 0 Å². The monoisotopic (exact) mass is 350 g/mol. The van der Waals surface area contributed by atoms with Gasteiger partial charge in [-0.25, -0.2) is 4.79 Å². The fourth-order valence-electron chi connectivity index (χ4n) is 2.85. The van der Waals surface area contributed by atoms with Gasteiger partial charge in [0, 0.05) is 10.9 Å². The molecule has 0 aliphatic rings. The van der Waals surface area contributed by atoms with Crippen molar-refractivity contribution in [3.05, 3.63) is 71.4 Å². The fraction of sp³-hybridized carbons (Fsp3) is 0.238. The summed E-state index contributed by atoms with van der Waals surface area (Å²) in [7, 11) is 0. The molecule has 0 saturated carbocycles. The number of benzene rings is 2. The van der Waals surface area contributed by atoms with E-state index in [4.69, 9.17) is 4.74 Å². The smallest absolute Gasteiger partial charge is 0.355 e. The molecule has 1 heterocycles. The van der Waals surface area contributed by atoms with Crippen LogP contribution in [0.4, 0.5) is 0 Å². The third-order valence-corrected chi connectivity index (χ3v) is 4.31. The van der Waals surface area contributed by atoms with Crippen molar-refractivity contribution >= 4 is 22.8 Å². The molecule has 2 N–H and O–H groups in total. The number of carbonyl (C=O) groups excluding carboxylic acids is 2. The van der Waals surface area contributed by atoms with Crippen molar-refractivity contribution in [2.45, 2.75) is 26.3 Å². The number of aromatic amines is 1. The standard InChI is InChI=1S/C21H22N2O3/c1-3-17(15-10-8-14(2)9-11-15)23-20(24)13-26-21(25)19-12-16-6-4-5-7-18(16)22-19/h4-12,17,22H,3,13H2,1-2H3,(H,23,24)/t17-/m0/s1. The van der Waals surface area contributed by atoms with Crippen LogP contribution >= 0.6 is 0 Å². The van der Waals surface area contributed by atoms with Gasteiger partial charge in [0.15, 0.2) is 6.61 Å². The van der Waals surface area contributed by atoms with E-state index in [9.17, 15) is 9.59 Å². The molecule has 3 aromatic rings. The summed E-state index contributed by atoms with van der Waals surface area (Å²) < 4.78 is 5.14. The van der Waals surface area contributed by atoms with Crippen LogP contribution in [0.1, 0.15) is 41.0 Å². The lowest BCUT2D eigenvalue weighted by Crippen LogP contribution is -2.32. The van der Waals surface area contributed by atoms with Crippen LogP contribution < -0.4 is 5.32 Å². The van der Waals surface area contributed by atoms with Gasteiger partial charge in [-0.1, -0.05) is 55.0 Å². The number of H-pyrrole nitrogens is 1. The highest BCUT2D eigenvalue weighted by atomic mass is 16.5. The summed E-state index contributed by atoms with van der Waals surface area (Å²) in [5, 5.41) is 3.83. The minimum absolute atomic E-state index is 0.102. The predicted octanol–water partition coefficient (Wildman–Crippen LogP) is 3.90. The van der Waals surface area contributed by atoms with Crippen molar-refractivity contribution in [2.24, 2.45) is 0 Å². The van der Waals surface area contributed by atoms with Crippen LogP contribution in [0.2, 0.25) is 0 Å². The van der Waals surface area contributed by atoms with Gasteiger partial charge in [0.05, 0.1) is 6.04 Å². The predicted molar refractivity (Wildman–Crippen MR) is 101 cm³/mol. The Bertz CT molecular complexity index is 879. The van der Waals surface area contributed by atoms with E-state index >= 15 is 0 Å². The number of aryl methyl sites for hydroxylation is 1. The highest BCUT2D eigenvalue weighted by molar-refractivity contribution is 5.95. The first-order chi connectivity index (χ1) is 12.6. The molecule has 0 unspecified atom stereocenters. The van der Waals surface area contributed by atoms with Crippen LogP contribution in [0.15, 0.2) is 54.6 Å². The number of rotatable bonds is 6. The number of fused-ring (bicyclic) bond motifs is 1. The van der Waals surface area contributed by atoms with Crippen molar-refractivity contribution < 1.29 is 14.3 Å². The Balaban J connectivity index is 1.57. The van der Waals surface area contributed by atoms with E-state index in [-0.39, 0.29) is 18.6 Å². The first kappa shape index (κ1) is 17.7. The highest BCUT2D eigenvalue weighted by Gasteiger charge is 2.16. The number of aromatic nitrogens is 1. The van der Waals surface area contributed by atoms with Gasteiger partial charge in [0.1, 0.15) is 5.69 Å². The first-order valence-corrected chi connectivity index (χ1v) is 8.67. The number of nitrogens with one attached hydrogen (secondary N) is 2. The Morgan fingerprint density at radius 3 is 2.54 bits per heavy atom. The van der Waals surface area contributed by atoms with Crippen LogP contribution in [0, 0.1) is 6.92 Å². The second kappa shape index (κ2) is 7.87. The molecule has 26 heavy (non-hydrogen) atoms. The summed E-state index contributed by atoms with van der Waals surface area (Å²) in [6.45, 7) is 3.71. The maximum atomic E-state index is 12.2. The van der Waals surface area contributed by atoms with E-state index in [1.165, 1.54) is 5.56 Å². The largest absolute Gasteiger partial charge is 0.451 e. The quantitative estimate of drug-likeness (QED) is 0.662. The van der Waals surface area contributed by atoms with Crippen molar-refractivity contribution in [1.29, 1.82) is 0 Å². The van der Waals surface area contributed by atoms with E-state index in [0.29, 0.717) is 5.69 Å².